The topological polar surface area (TPSA) is 69.9 Å². The van der Waals surface area contributed by atoms with Crippen LogP contribution in [0.15, 0.2) is 12.2 Å². The van der Waals surface area contributed by atoms with Crippen molar-refractivity contribution in [2.75, 3.05) is 0 Å². The first-order chi connectivity index (χ1) is 15.8. The second-order valence-electron chi connectivity index (χ2n) is 14.7. The van der Waals surface area contributed by atoms with Crippen LogP contribution in [0.4, 0.5) is 0 Å². The van der Waals surface area contributed by atoms with Crippen LogP contribution in [0.5, 0.6) is 0 Å². The summed E-state index contributed by atoms with van der Waals surface area (Å²) in [5.74, 6) is 2.44. The largest absolute Gasteiger partial charge is 0.393 e. The Hall–Kier alpha value is -0.420. The highest BCUT2D eigenvalue weighted by molar-refractivity contribution is 5.30. The van der Waals surface area contributed by atoms with E-state index in [0.29, 0.717) is 51.4 Å². The molecule has 0 radical (unpaired) electrons. The van der Waals surface area contributed by atoms with Crippen LogP contribution in [0, 0.1) is 50.7 Å². The Kier molecular flexibility index (Phi) is 5.78. The zero-order valence-electron chi connectivity index (χ0n) is 22.6. The average Bonchev–Trinajstić information content (AvgIpc) is 3.33. The van der Waals surface area contributed by atoms with Crippen molar-refractivity contribution in [3.05, 3.63) is 12.2 Å². The molecule has 0 aliphatic heterocycles. The quantitative estimate of drug-likeness (QED) is 0.230. The smallest absolute Gasteiger partial charge is 0.139 e. The third-order valence-electron chi connectivity index (χ3n) is 13.4. The number of aliphatic hydroxyl groups excluding tert-OH is 2. The minimum atomic E-state index is -0.721. The van der Waals surface area contributed by atoms with Crippen molar-refractivity contribution in [3.63, 3.8) is 0 Å². The molecular weight excluding hydrogens is 424 g/mol. The molecule has 3 N–H and O–H groups in total. The minimum absolute atomic E-state index is 0.0475. The van der Waals surface area contributed by atoms with E-state index in [0.717, 1.165) is 12.3 Å². The Bertz CT molecular complexity index is 838. The van der Waals surface area contributed by atoms with E-state index >= 15 is 0 Å². The van der Waals surface area contributed by atoms with Gasteiger partial charge < -0.3 is 10.2 Å². The van der Waals surface area contributed by atoms with Gasteiger partial charge in [0.1, 0.15) is 6.10 Å². The average molecular weight is 475 g/mol. The molecule has 0 bridgehead atoms. The van der Waals surface area contributed by atoms with E-state index in [1.807, 2.05) is 0 Å². The summed E-state index contributed by atoms with van der Waals surface area (Å²) < 4.78 is 0. The number of rotatable bonds is 6. The summed E-state index contributed by atoms with van der Waals surface area (Å²) in [6, 6.07) is 0. The van der Waals surface area contributed by atoms with Gasteiger partial charge in [-0.15, -0.1) is 0 Å². The fourth-order valence-electron chi connectivity index (χ4n) is 11.5. The molecule has 0 heterocycles. The third-order valence-corrected chi connectivity index (χ3v) is 13.4. The molecule has 194 valence electrons. The maximum absolute atomic E-state index is 10.9. The first-order valence-corrected chi connectivity index (χ1v) is 14.1. The van der Waals surface area contributed by atoms with E-state index in [4.69, 9.17) is 0 Å². The molecule has 0 aromatic carbocycles. The highest BCUT2D eigenvalue weighted by atomic mass is 17.1. The van der Waals surface area contributed by atoms with Crippen LogP contribution in [0.2, 0.25) is 0 Å². The SMILES string of the molecule is C=C(C)C(OO)C(O)CC(C)C1CCC2(C)C3CCC4C(C)(C)C(O)CCC45CC35CCC12C. The standard InChI is InChI=1S/C30H50O4/c1-18(2)25(34-33)21(31)16-19(3)20-10-12-28(7)23-9-8-22-26(4,5)24(32)11-13-29(22)17-30(23,29)15-14-27(20,28)6/h19-25,31-33H,1,8-17H2,2-7H3. The fraction of sp³-hybridized carbons (Fsp3) is 0.933. The molecular formula is C30H50O4. The lowest BCUT2D eigenvalue weighted by Gasteiger charge is -2.63. The molecule has 4 nitrogen and oxygen atoms in total. The predicted molar refractivity (Wildman–Crippen MR) is 135 cm³/mol. The van der Waals surface area contributed by atoms with Crippen LogP contribution < -0.4 is 0 Å². The molecule has 11 unspecified atom stereocenters. The van der Waals surface area contributed by atoms with E-state index < -0.39 is 12.2 Å². The minimum Gasteiger partial charge on any atom is -0.393 e. The van der Waals surface area contributed by atoms with Crippen molar-refractivity contribution in [1.82, 2.24) is 0 Å². The van der Waals surface area contributed by atoms with E-state index in [1.54, 1.807) is 6.92 Å². The lowest BCUT2D eigenvalue weighted by Crippen LogP contribution is -2.57. The Morgan fingerprint density at radius 2 is 1.59 bits per heavy atom. The highest BCUT2D eigenvalue weighted by Crippen LogP contribution is 2.89. The molecule has 2 spiro atoms. The molecule has 5 rings (SSSR count). The van der Waals surface area contributed by atoms with Gasteiger partial charge in [-0.2, -0.15) is 0 Å². The van der Waals surface area contributed by atoms with E-state index in [-0.39, 0.29) is 11.5 Å². The molecule has 5 aliphatic carbocycles. The van der Waals surface area contributed by atoms with E-state index in [2.05, 4.69) is 46.1 Å². The first kappa shape index (κ1) is 25.2. The van der Waals surface area contributed by atoms with Gasteiger partial charge in [0.05, 0.1) is 12.2 Å². The molecule has 11 atom stereocenters. The molecule has 0 saturated heterocycles. The molecule has 0 aromatic rings. The summed E-state index contributed by atoms with van der Waals surface area (Å²) in [5.41, 5.74) is 2.35. The Morgan fingerprint density at radius 1 is 0.941 bits per heavy atom. The second kappa shape index (κ2) is 7.79. The van der Waals surface area contributed by atoms with Gasteiger partial charge in [-0.3, -0.25) is 5.26 Å². The monoisotopic (exact) mass is 474 g/mol. The maximum Gasteiger partial charge on any atom is 0.139 e. The number of hydrogen-bond donors (Lipinski definition) is 3. The number of fused-ring (bicyclic) bond motifs is 2. The molecule has 5 aliphatic rings. The number of hydrogen-bond acceptors (Lipinski definition) is 4. The van der Waals surface area contributed by atoms with Crippen LogP contribution in [-0.4, -0.2) is 33.8 Å². The zero-order valence-corrected chi connectivity index (χ0v) is 22.6. The van der Waals surface area contributed by atoms with Gasteiger partial charge in [-0.05, 0) is 127 Å². The van der Waals surface area contributed by atoms with Gasteiger partial charge in [0.15, 0.2) is 0 Å². The Labute approximate surface area is 207 Å². The Balaban J connectivity index is 1.38. The second-order valence-corrected chi connectivity index (χ2v) is 14.7. The van der Waals surface area contributed by atoms with Crippen molar-refractivity contribution in [2.45, 2.75) is 124 Å². The van der Waals surface area contributed by atoms with E-state index in [9.17, 15) is 15.5 Å². The summed E-state index contributed by atoms with van der Waals surface area (Å²) >= 11 is 0. The van der Waals surface area contributed by atoms with Crippen molar-refractivity contribution in [2.24, 2.45) is 50.7 Å². The predicted octanol–water partition coefficient (Wildman–Crippen LogP) is 6.61. The molecule has 5 fully saturated rings. The summed E-state index contributed by atoms with van der Waals surface area (Å²) in [7, 11) is 0. The van der Waals surface area contributed by atoms with Gasteiger partial charge >= 0.3 is 0 Å². The molecule has 4 heteroatoms. The number of aliphatic hydroxyl groups is 2. The summed E-state index contributed by atoms with van der Waals surface area (Å²) in [6.45, 7) is 17.9. The summed E-state index contributed by atoms with van der Waals surface area (Å²) in [4.78, 5) is 4.58. The Morgan fingerprint density at radius 3 is 2.24 bits per heavy atom. The van der Waals surface area contributed by atoms with Crippen molar-refractivity contribution < 1.29 is 20.4 Å². The lowest BCUT2D eigenvalue weighted by atomic mass is 9.41. The van der Waals surface area contributed by atoms with Crippen molar-refractivity contribution in [1.29, 1.82) is 0 Å². The van der Waals surface area contributed by atoms with Crippen LogP contribution in [0.3, 0.4) is 0 Å². The molecule has 34 heavy (non-hydrogen) atoms. The van der Waals surface area contributed by atoms with Crippen LogP contribution >= 0.6 is 0 Å². The highest BCUT2D eigenvalue weighted by Gasteiger charge is 2.82. The summed E-state index contributed by atoms with van der Waals surface area (Å²) in [5, 5.41) is 31.0. The van der Waals surface area contributed by atoms with Gasteiger partial charge in [0.25, 0.3) is 0 Å². The van der Waals surface area contributed by atoms with Crippen LogP contribution in [-0.2, 0) is 4.89 Å². The van der Waals surface area contributed by atoms with Gasteiger partial charge in [-0.25, -0.2) is 4.89 Å². The van der Waals surface area contributed by atoms with Crippen LogP contribution in [0.25, 0.3) is 0 Å². The first-order valence-electron chi connectivity index (χ1n) is 14.1. The maximum atomic E-state index is 10.9. The summed E-state index contributed by atoms with van der Waals surface area (Å²) in [6.07, 6.45) is 10.5. The molecule has 0 amide bonds. The van der Waals surface area contributed by atoms with Crippen molar-refractivity contribution >= 4 is 0 Å². The van der Waals surface area contributed by atoms with E-state index in [1.165, 1.54) is 51.4 Å². The lowest BCUT2D eigenvalue weighted by molar-refractivity contribution is -0.287. The normalized spacial score (nSPS) is 51.3. The van der Waals surface area contributed by atoms with Gasteiger partial charge in [0, 0.05) is 0 Å². The molecule has 0 aromatic heterocycles. The molecule has 5 saturated carbocycles. The fourth-order valence-corrected chi connectivity index (χ4v) is 11.5. The third kappa shape index (κ3) is 2.98. The van der Waals surface area contributed by atoms with Gasteiger partial charge in [0.2, 0.25) is 0 Å². The van der Waals surface area contributed by atoms with Gasteiger partial charge in [-0.1, -0.05) is 41.2 Å². The zero-order chi connectivity index (χ0) is 24.9. The van der Waals surface area contributed by atoms with Crippen molar-refractivity contribution in [3.8, 4) is 0 Å². The van der Waals surface area contributed by atoms with Crippen LogP contribution in [0.1, 0.15) is 106 Å².